The molecule has 1 aromatic rings. The molecule has 0 spiro atoms. The first-order chi connectivity index (χ1) is 7.79. The molecule has 1 atom stereocenters. The van der Waals surface area contributed by atoms with Crippen molar-refractivity contribution in [2.24, 2.45) is 0 Å². The fourth-order valence-corrected chi connectivity index (χ4v) is 2.74. The molecule has 2 rings (SSSR count). The molecule has 0 saturated carbocycles. The van der Waals surface area contributed by atoms with E-state index in [2.05, 4.69) is 34.4 Å². The fraction of sp³-hybridized carbons (Fsp3) is 0.615. The van der Waals surface area contributed by atoms with Gasteiger partial charge in [0, 0.05) is 12.7 Å². The van der Waals surface area contributed by atoms with Crippen LogP contribution in [-0.4, -0.2) is 37.1 Å². The molecule has 1 unspecified atom stereocenters. The van der Waals surface area contributed by atoms with Gasteiger partial charge in [0.15, 0.2) is 0 Å². The van der Waals surface area contributed by atoms with Gasteiger partial charge in [0.2, 0.25) is 0 Å². The standard InChI is InChI=1S/C13H21N3/c1-14-11-13(8-4-6-10-16(13)2)12-7-3-5-9-15-12/h3,5,7,9,14H,4,6,8,10-11H2,1-2H3. The lowest BCUT2D eigenvalue weighted by Crippen LogP contribution is -2.53. The molecule has 0 amide bonds. The van der Waals surface area contributed by atoms with Crippen LogP contribution in [-0.2, 0) is 5.54 Å². The van der Waals surface area contributed by atoms with Crippen LogP contribution >= 0.6 is 0 Å². The lowest BCUT2D eigenvalue weighted by Gasteiger charge is -2.45. The van der Waals surface area contributed by atoms with Gasteiger partial charge in [-0.05, 0) is 52.0 Å². The zero-order valence-corrected chi connectivity index (χ0v) is 10.2. The monoisotopic (exact) mass is 219 g/mol. The highest BCUT2D eigenvalue weighted by Crippen LogP contribution is 2.34. The highest BCUT2D eigenvalue weighted by Gasteiger charge is 2.38. The van der Waals surface area contributed by atoms with E-state index in [9.17, 15) is 0 Å². The van der Waals surface area contributed by atoms with Crippen LogP contribution < -0.4 is 5.32 Å². The number of piperidine rings is 1. The minimum absolute atomic E-state index is 0.0915. The molecule has 2 heterocycles. The number of nitrogens with zero attached hydrogens (tertiary/aromatic N) is 2. The molecule has 3 nitrogen and oxygen atoms in total. The summed E-state index contributed by atoms with van der Waals surface area (Å²) in [6.07, 6.45) is 5.69. The molecular formula is C13H21N3. The van der Waals surface area contributed by atoms with Crippen LogP contribution in [0.4, 0.5) is 0 Å². The third kappa shape index (κ3) is 1.97. The highest BCUT2D eigenvalue weighted by molar-refractivity contribution is 5.18. The van der Waals surface area contributed by atoms with Crippen molar-refractivity contribution in [2.75, 3.05) is 27.2 Å². The van der Waals surface area contributed by atoms with Gasteiger partial charge >= 0.3 is 0 Å². The number of nitrogens with one attached hydrogen (secondary N) is 1. The van der Waals surface area contributed by atoms with Gasteiger partial charge in [-0.15, -0.1) is 0 Å². The first kappa shape index (κ1) is 11.6. The summed E-state index contributed by atoms with van der Waals surface area (Å²) in [4.78, 5) is 7.02. The SMILES string of the molecule is CNCC1(c2ccccn2)CCCCN1C. The maximum absolute atomic E-state index is 4.56. The largest absolute Gasteiger partial charge is 0.318 e. The third-order valence-electron chi connectivity index (χ3n) is 3.68. The van der Waals surface area contributed by atoms with Gasteiger partial charge in [0.1, 0.15) is 0 Å². The van der Waals surface area contributed by atoms with Gasteiger partial charge in [0.05, 0.1) is 11.2 Å². The second kappa shape index (κ2) is 4.93. The van der Waals surface area contributed by atoms with Crippen molar-refractivity contribution in [2.45, 2.75) is 24.8 Å². The van der Waals surface area contributed by atoms with Gasteiger partial charge < -0.3 is 5.32 Å². The normalized spacial score (nSPS) is 26.9. The average molecular weight is 219 g/mol. The summed E-state index contributed by atoms with van der Waals surface area (Å²) in [5.74, 6) is 0. The smallest absolute Gasteiger partial charge is 0.0757 e. The minimum Gasteiger partial charge on any atom is -0.318 e. The molecule has 1 fully saturated rings. The number of hydrogen-bond acceptors (Lipinski definition) is 3. The number of likely N-dealkylation sites (tertiary alicyclic amines) is 1. The fourth-order valence-electron chi connectivity index (χ4n) is 2.74. The van der Waals surface area contributed by atoms with E-state index in [1.54, 1.807) is 0 Å². The van der Waals surface area contributed by atoms with Crippen LogP contribution in [0.3, 0.4) is 0 Å². The topological polar surface area (TPSA) is 28.2 Å². The second-order valence-corrected chi connectivity index (χ2v) is 4.66. The molecule has 0 aliphatic carbocycles. The third-order valence-corrected chi connectivity index (χ3v) is 3.68. The Bertz CT molecular complexity index is 321. The van der Waals surface area contributed by atoms with E-state index in [1.807, 2.05) is 19.3 Å². The summed E-state index contributed by atoms with van der Waals surface area (Å²) in [6.45, 7) is 2.14. The predicted molar refractivity (Wildman–Crippen MR) is 66.3 cm³/mol. The van der Waals surface area contributed by atoms with Crippen LogP contribution in [0.1, 0.15) is 25.0 Å². The molecule has 3 heteroatoms. The Kier molecular flexibility index (Phi) is 3.56. The molecular weight excluding hydrogens is 198 g/mol. The van der Waals surface area contributed by atoms with Crippen LogP contribution in [0.15, 0.2) is 24.4 Å². The number of aromatic nitrogens is 1. The summed E-state index contributed by atoms with van der Waals surface area (Å²) < 4.78 is 0. The Morgan fingerprint density at radius 1 is 1.44 bits per heavy atom. The van der Waals surface area contributed by atoms with Crippen molar-refractivity contribution in [3.8, 4) is 0 Å². The number of likely N-dealkylation sites (N-methyl/N-ethyl adjacent to an activating group) is 2. The van der Waals surface area contributed by atoms with Crippen molar-refractivity contribution in [1.82, 2.24) is 15.2 Å². The van der Waals surface area contributed by atoms with E-state index in [4.69, 9.17) is 0 Å². The summed E-state index contributed by atoms with van der Waals surface area (Å²) in [7, 11) is 4.23. The second-order valence-electron chi connectivity index (χ2n) is 4.66. The quantitative estimate of drug-likeness (QED) is 0.837. The van der Waals surface area contributed by atoms with Gasteiger partial charge in [-0.1, -0.05) is 6.07 Å². The molecule has 1 saturated heterocycles. The first-order valence-corrected chi connectivity index (χ1v) is 6.07. The van der Waals surface area contributed by atoms with E-state index in [0.717, 1.165) is 13.1 Å². The van der Waals surface area contributed by atoms with E-state index in [0.29, 0.717) is 0 Å². The lowest BCUT2D eigenvalue weighted by atomic mass is 9.83. The molecule has 0 bridgehead atoms. The summed E-state index contributed by atoms with van der Waals surface area (Å²) in [5.41, 5.74) is 1.29. The van der Waals surface area contributed by atoms with E-state index >= 15 is 0 Å². The van der Waals surface area contributed by atoms with Crippen molar-refractivity contribution < 1.29 is 0 Å². The Morgan fingerprint density at radius 3 is 2.94 bits per heavy atom. The van der Waals surface area contributed by atoms with Gasteiger partial charge in [0.25, 0.3) is 0 Å². The molecule has 88 valence electrons. The Balaban J connectivity index is 2.34. The number of pyridine rings is 1. The van der Waals surface area contributed by atoms with E-state index < -0.39 is 0 Å². The van der Waals surface area contributed by atoms with Crippen LogP contribution in [0.2, 0.25) is 0 Å². The molecule has 1 N–H and O–H groups in total. The Labute approximate surface area is 97.9 Å². The van der Waals surface area contributed by atoms with Crippen molar-refractivity contribution in [1.29, 1.82) is 0 Å². The number of rotatable bonds is 3. The van der Waals surface area contributed by atoms with Crippen LogP contribution in [0.25, 0.3) is 0 Å². The molecule has 0 radical (unpaired) electrons. The zero-order valence-electron chi connectivity index (χ0n) is 10.2. The Morgan fingerprint density at radius 2 is 2.31 bits per heavy atom. The average Bonchev–Trinajstić information content (AvgIpc) is 2.34. The van der Waals surface area contributed by atoms with Gasteiger partial charge in [-0.3, -0.25) is 9.88 Å². The van der Waals surface area contributed by atoms with E-state index in [1.165, 1.54) is 25.0 Å². The maximum atomic E-state index is 4.56. The summed E-state index contributed by atoms with van der Waals surface area (Å²) in [6, 6.07) is 6.22. The Hall–Kier alpha value is -0.930. The van der Waals surface area contributed by atoms with Crippen molar-refractivity contribution in [3.05, 3.63) is 30.1 Å². The zero-order chi connectivity index (χ0) is 11.4. The van der Waals surface area contributed by atoms with Crippen LogP contribution in [0.5, 0.6) is 0 Å². The molecule has 1 aliphatic rings. The van der Waals surface area contributed by atoms with E-state index in [-0.39, 0.29) is 5.54 Å². The molecule has 1 aliphatic heterocycles. The summed E-state index contributed by atoms with van der Waals surface area (Å²) in [5, 5.41) is 3.33. The number of hydrogen-bond donors (Lipinski definition) is 1. The van der Waals surface area contributed by atoms with Crippen molar-refractivity contribution in [3.63, 3.8) is 0 Å². The summed E-state index contributed by atoms with van der Waals surface area (Å²) >= 11 is 0. The molecule has 0 aromatic carbocycles. The van der Waals surface area contributed by atoms with Gasteiger partial charge in [-0.25, -0.2) is 0 Å². The first-order valence-electron chi connectivity index (χ1n) is 6.07. The van der Waals surface area contributed by atoms with Gasteiger partial charge in [-0.2, -0.15) is 0 Å². The highest BCUT2D eigenvalue weighted by atomic mass is 15.2. The van der Waals surface area contributed by atoms with Crippen molar-refractivity contribution >= 4 is 0 Å². The maximum Gasteiger partial charge on any atom is 0.0757 e. The minimum atomic E-state index is 0.0915. The molecule has 1 aromatic heterocycles. The van der Waals surface area contributed by atoms with Crippen LogP contribution in [0, 0.1) is 0 Å². The predicted octanol–water partition coefficient (Wildman–Crippen LogP) is 1.61. The lowest BCUT2D eigenvalue weighted by molar-refractivity contribution is 0.0676. The molecule has 16 heavy (non-hydrogen) atoms.